The van der Waals surface area contributed by atoms with E-state index in [9.17, 15) is 0 Å². The summed E-state index contributed by atoms with van der Waals surface area (Å²) in [6.45, 7) is 0. The van der Waals surface area contributed by atoms with E-state index in [1.807, 2.05) is 36.7 Å². The second-order valence-corrected chi connectivity index (χ2v) is 8.07. The summed E-state index contributed by atoms with van der Waals surface area (Å²) in [5.74, 6) is 0. The van der Waals surface area contributed by atoms with Crippen molar-refractivity contribution < 1.29 is 0 Å². The van der Waals surface area contributed by atoms with Crippen LogP contribution in [0.5, 0.6) is 0 Å². The number of benzene rings is 3. The van der Waals surface area contributed by atoms with Crippen molar-refractivity contribution in [2.45, 2.75) is 0 Å². The van der Waals surface area contributed by atoms with Crippen molar-refractivity contribution in [2.24, 2.45) is 0 Å². The van der Waals surface area contributed by atoms with Crippen LogP contribution in [0.3, 0.4) is 0 Å². The van der Waals surface area contributed by atoms with Gasteiger partial charge in [-0.2, -0.15) is 0 Å². The molecule has 6 rings (SSSR count). The smallest absolute Gasteiger partial charge is 0.139 e. The maximum Gasteiger partial charge on any atom is 0.139 e. The SMILES string of the molecule is Bc1ccc2c3ccccc3n(-c3cc(-c4ccccn4)cc(-c4ccccn4)c3)c2c1. The molecule has 6 aromatic rings. The predicted molar refractivity (Wildman–Crippen MR) is 135 cm³/mol. The van der Waals surface area contributed by atoms with E-state index in [2.05, 4.69) is 95.2 Å². The molecule has 32 heavy (non-hydrogen) atoms. The molecule has 0 amide bonds. The van der Waals surface area contributed by atoms with Gasteiger partial charge >= 0.3 is 0 Å². The van der Waals surface area contributed by atoms with Crippen molar-refractivity contribution in [3.63, 3.8) is 0 Å². The fraction of sp³-hybridized carbons (Fsp3) is 0. The van der Waals surface area contributed by atoms with Gasteiger partial charge in [-0.05, 0) is 54.6 Å². The van der Waals surface area contributed by atoms with E-state index < -0.39 is 0 Å². The first-order chi connectivity index (χ1) is 15.8. The van der Waals surface area contributed by atoms with Crippen molar-refractivity contribution >= 4 is 35.1 Å². The summed E-state index contributed by atoms with van der Waals surface area (Å²) in [6.07, 6.45) is 3.68. The third-order valence-corrected chi connectivity index (χ3v) is 5.93. The standard InChI is InChI=1S/C28H20BN3/c29-21-11-12-24-23-7-1-2-10-27(23)32(28(24)18-21)22-16-19(25-8-3-5-13-30-25)15-20(17-22)26-9-4-6-14-31-26/h1-18H,29H2. The summed E-state index contributed by atoms with van der Waals surface area (Å²) in [5, 5.41) is 2.51. The molecular weight excluding hydrogens is 389 g/mol. The highest BCUT2D eigenvalue weighted by Crippen LogP contribution is 2.34. The lowest BCUT2D eigenvalue weighted by Gasteiger charge is -2.13. The third kappa shape index (κ3) is 3.09. The van der Waals surface area contributed by atoms with E-state index in [1.54, 1.807) is 0 Å². The summed E-state index contributed by atoms with van der Waals surface area (Å²) in [7, 11) is 2.14. The largest absolute Gasteiger partial charge is 0.309 e. The maximum absolute atomic E-state index is 4.62. The van der Waals surface area contributed by atoms with Gasteiger partial charge < -0.3 is 4.57 Å². The van der Waals surface area contributed by atoms with Crippen molar-refractivity contribution in [3.05, 3.63) is 109 Å². The Bertz CT molecular complexity index is 1510. The van der Waals surface area contributed by atoms with Crippen molar-refractivity contribution in [2.75, 3.05) is 0 Å². The molecule has 150 valence electrons. The second kappa shape index (κ2) is 7.50. The van der Waals surface area contributed by atoms with E-state index in [1.165, 1.54) is 27.3 Å². The average Bonchev–Trinajstić information content (AvgIpc) is 3.18. The van der Waals surface area contributed by atoms with Crippen LogP contribution < -0.4 is 5.46 Å². The minimum absolute atomic E-state index is 0.948. The van der Waals surface area contributed by atoms with Crippen LogP contribution in [0.1, 0.15) is 0 Å². The van der Waals surface area contributed by atoms with Gasteiger partial charge in [0.1, 0.15) is 7.85 Å². The number of hydrogen-bond donors (Lipinski definition) is 0. The van der Waals surface area contributed by atoms with Gasteiger partial charge in [0.2, 0.25) is 0 Å². The molecule has 0 N–H and O–H groups in total. The van der Waals surface area contributed by atoms with Crippen molar-refractivity contribution in [1.82, 2.24) is 14.5 Å². The second-order valence-electron chi connectivity index (χ2n) is 8.07. The Balaban J connectivity index is 1.70. The Kier molecular flexibility index (Phi) is 4.36. The van der Waals surface area contributed by atoms with Crippen LogP contribution in [0.2, 0.25) is 0 Å². The van der Waals surface area contributed by atoms with Gasteiger partial charge in [0.25, 0.3) is 0 Å². The van der Waals surface area contributed by atoms with Gasteiger partial charge in [-0.1, -0.05) is 47.9 Å². The molecule has 0 aliphatic carbocycles. The summed E-state index contributed by atoms with van der Waals surface area (Å²) >= 11 is 0. The Morgan fingerprint density at radius 1 is 0.562 bits per heavy atom. The molecule has 4 heteroatoms. The number of hydrogen-bond acceptors (Lipinski definition) is 2. The third-order valence-electron chi connectivity index (χ3n) is 5.93. The summed E-state index contributed by atoms with van der Waals surface area (Å²) in [6, 6.07) is 34.0. The number of fused-ring (bicyclic) bond motifs is 3. The van der Waals surface area contributed by atoms with Gasteiger partial charge in [0.15, 0.2) is 0 Å². The zero-order valence-electron chi connectivity index (χ0n) is 17.7. The number of aromatic nitrogens is 3. The lowest BCUT2D eigenvalue weighted by Crippen LogP contribution is -2.02. The molecular formula is C28H20BN3. The van der Waals surface area contributed by atoms with E-state index in [4.69, 9.17) is 0 Å². The number of pyridine rings is 2. The highest BCUT2D eigenvalue weighted by Gasteiger charge is 2.15. The number of nitrogens with zero attached hydrogens (tertiary/aromatic N) is 3. The van der Waals surface area contributed by atoms with E-state index in [0.29, 0.717) is 0 Å². The number of para-hydroxylation sites is 1. The first-order valence-electron chi connectivity index (χ1n) is 10.8. The molecule has 3 nitrogen and oxygen atoms in total. The molecule has 0 bridgehead atoms. The monoisotopic (exact) mass is 409 g/mol. The van der Waals surface area contributed by atoms with Crippen LogP contribution in [0.4, 0.5) is 0 Å². The molecule has 0 saturated carbocycles. The fourth-order valence-corrected chi connectivity index (χ4v) is 4.46. The van der Waals surface area contributed by atoms with Gasteiger partial charge in [-0.25, -0.2) is 0 Å². The summed E-state index contributed by atoms with van der Waals surface area (Å²) in [5.41, 5.74) is 8.78. The average molecular weight is 409 g/mol. The van der Waals surface area contributed by atoms with Crippen LogP contribution in [-0.2, 0) is 0 Å². The van der Waals surface area contributed by atoms with Gasteiger partial charge in [0.05, 0.1) is 22.4 Å². The first kappa shape index (κ1) is 18.6. The van der Waals surface area contributed by atoms with Gasteiger partial charge in [-0.15, -0.1) is 0 Å². The Hall–Kier alpha value is -4.18. The van der Waals surface area contributed by atoms with Gasteiger partial charge in [0, 0.05) is 40.0 Å². The van der Waals surface area contributed by atoms with Crippen LogP contribution in [0.15, 0.2) is 109 Å². The normalized spacial score (nSPS) is 11.2. The first-order valence-corrected chi connectivity index (χ1v) is 10.8. The molecule has 0 atom stereocenters. The van der Waals surface area contributed by atoms with Crippen molar-refractivity contribution in [1.29, 1.82) is 0 Å². The quantitative estimate of drug-likeness (QED) is 0.378. The molecule has 0 aliphatic rings. The van der Waals surface area contributed by atoms with Crippen LogP contribution in [0, 0.1) is 0 Å². The molecule has 3 aromatic carbocycles. The predicted octanol–water partition coefficient (Wildman–Crippen LogP) is 5.17. The lowest BCUT2D eigenvalue weighted by molar-refractivity contribution is 1.18. The van der Waals surface area contributed by atoms with E-state index in [0.717, 1.165) is 28.2 Å². The number of rotatable bonds is 3. The highest BCUT2D eigenvalue weighted by atomic mass is 15.0. The van der Waals surface area contributed by atoms with Gasteiger partial charge in [-0.3, -0.25) is 9.97 Å². The highest BCUT2D eigenvalue weighted by molar-refractivity contribution is 6.33. The zero-order chi connectivity index (χ0) is 21.5. The van der Waals surface area contributed by atoms with Crippen LogP contribution in [-0.4, -0.2) is 22.4 Å². The van der Waals surface area contributed by atoms with E-state index in [-0.39, 0.29) is 0 Å². The molecule has 0 radical (unpaired) electrons. The minimum atomic E-state index is 0.948. The van der Waals surface area contributed by atoms with E-state index >= 15 is 0 Å². The van der Waals surface area contributed by atoms with Crippen LogP contribution >= 0.6 is 0 Å². The van der Waals surface area contributed by atoms with Crippen molar-refractivity contribution in [3.8, 4) is 28.2 Å². The molecule has 0 spiro atoms. The fourth-order valence-electron chi connectivity index (χ4n) is 4.46. The lowest BCUT2D eigenvalue weighted by atomic mass is 9.95. The van der Waals surface area contributed by atoms with Crippen LogP contribution in [0.25, 0.3) is 50.0 Å². The Morgan fingerprint density at radius 2 is 1.19 bits per heavy atom. The molecule has 0 saturated heterocycles. The molecule has 3 heterocycles. The molecule has 0 aliphatic heterocycles. The zero-order valence-corrected chi connectivity index (χ0v) is 17.7. The molecule has 3 aromatic heterocycles. The summed E-state index contributed by atoms with van der Waals surface area (Å²) < 4.78 is 2.36. The molecule has 0 fully saturated rings. The Morgan fingerprint density at radius 3 is 1.84 bits per heavy atom. The maximum atomic E-state index is 4.62. The topological polar surface area (TPSA) is 30.7 Å². The Labute approximate surface area is 187 Å². The molecule has 0 unspecified atom stereocenters. The summed E-state index contributed by atoms with van der Waals surface area (Å²) in [4.78, 5) is 9.23. The minimum Gasteiger partial charge on any atom is -0.309 e.